The van der Waals surface area contributed by atoms with Gasteiger partial charge in [-0.1, -0.05) is 97.8 Å². The second-order valence-corrected chi connectivity index (χ2v) is 12.3. The van der Waals surface area contributed by atoms with Crippen molar-refractivity contribution in [3.05, 3.63) is 0 Å². The van der Waals surface area contributed by atoms with Gasteiger partial charge in [0, 0.05) is 7.05 Å². The van der Waals surface area contributed by atoms with Crippen LogP contribution in [0.4, 0.5) is 9.59 Å². The van der Waals surface area contributed by atoms with Gasteiger partial charge in [-0.25, -0.2) is 18.9 Å². The summed E-state index contributed by atoms with van der Waals surface area (Å²) in [5, 5.41) is 9.62. The standard InChI is InChI=1S/C30H58N3O11P/c1-5-8-11-13-15-17-20-39-29(36)41-22-24-43-45(38,32-28(31)33(4)26(27(34)35)19-10-7-3)44-25-23-42-30(37)40-21-18-16-14-12-9-6-2/h26H,5-25H2,1-4H3,(H,34,35)(H2,31,32,38). The molecule has 0 radical (unpaired) electrons. The van der Waals surface area contributed by atoms with Gasteiger partial charge >= 0.3 is 26.0 Å². The minimum Gasteiger partial charge on any atom is -0.480 e. The molecule has 1 unspecified atom stereocenters. The maximum atomic E-state index is 13.4. The van der Waals surface area contributed by atoms with Crippen LogP contribution in [0.5, 0.6) is 0 Å². The van der Waals surface area contributed by atoms with Crippen molar-refractivity contribution in [1.29, 1.82) is 0 Å². The second kappa shape index (κ2) is 27.7. The molecule has 264 valence electrons. The molecule has 15 heteroatoms. The Morgan fingerprint density at radius 2 is 1.07 bits per heavy atom. The number of nitrogens with zero attached hydrogens (tertiary/aromatic N) is 2. The number of unbranched alkanes of at least 4 members (excludes halogenated alkanes) is 11. The van der Waals surface area contributed by atoms with Crippen LogP contribution in [0.1, 0.15) is 117 Å². The van der Waals surface area contributed by atoms with Crippen molar-refractivity contribution in [1.82, 2.24) is 4.90 Å². The lowest BCUT2D eigenvalue weighted by Gasteiger charge is -2.26. The fourth-order valence-corrected chi connectivity index (χ4v) is 5.24. The van der Waals surface area contributed by atoms with Gasteiger partial charge in [0.25, 0.3) is 0 Å². The summed E-state index contributed by atoms with van der Waals surface area (Å²) in [5.74, 6) is -1.51. The molecule has 0 bridgehead atoms. The topological polar surface area (TPSA) is 186 Å². The Balaban J connectivity index is 4.94. The van der Waals surface area contributed by atoms with E-state index < -0.39 is 32.1 Å². The van der Waals surface area contributed by atoms with Crippen molar-refractivity contribution in [3.8, 4) is 0 Å². The first-order valence-corrected chi connectivity index (χ1v) is 17.9. The van der Waals surface area contributed by atoms with Crippen LogP contribution in [-0.2, 0) is 37.4 Å². The molecule has 0 saturated carbocycles. The normalized spacial score (nSPS) is 12.4. The predicted octanol–water partition coefficient (Wildman–Crippen LogP) is 7.05. The number of nitrogens with two attached hydrogens (primary N) is 1. The van der Waals surface area contributed by atoms with Crippen molar-refractivity contribution in [2.75, 3.05) is 46.7 Å². The number of carboxylic acids is 1. The molecule has 0 aliphatic carbocycles. The molecule has 0 aromatic heterocycles. The molecule has 1 atom stereocenters. The highest BCUT2D eigenvalue weighted by Crippen LogP contribution is 2.49. The van der Waals surface area contributed by atoms with Gasteiger partial charge < -0.3 is 34.7 Å². The second-order valence-electron chi connectivity index (χ2n) is 10.6. The van der Waals surface area contributed by atoms with E-state index in [1.807, 2.05) is 6.92 Å². The summed E-state index contributed by atoms with van der Waals surface area (Å²) in [6.45, 7) is 5.25. The van der Waals surface area contributed by atoms with E-state index in [9.17, 15) is 24.1 Å². The molecular weight excluding hydrogens is 609 g/mol. The number of carboxylic acid groups (broad SMARTS) is 1. The Morgan fingerprint density at radius 1 is 0.667 bits per heavy atom. The van der Waals surface area contributed by atoms with Crippen molar-refractivity contribution in [2.45, 2.75) is 123 Å². The molecule has 0 aliphatic rings. The summed E-state index contributed by atoms with van der Waals surface area (Å²) in [6, 6.07) is -1.02. The Kier molecular flexibility index (Phi) is 26.1. The largest absolute Gasteiger partial charge is 0.508 e. The molecule has 0 spiro atoms. The molecule has 0 amide bonds. The van der Waals surface area contributed by atoms with E-state index in [2.05, 4.69) is 18.6 Å². The van der Waals surface area contributed by atoms with E-state index in [1.165, 1.54) is 24.8 Å². The van der Waals surface area contributed by atoms with Crippen LogP contribution in [0.2, 0.25) is 0 Å². The van der Waals surface area contributed by atoms with Gasteiger partial charge in [0.1, 0.15) is 19.3 Å². The highest BCUT2D eigenvalue weighted by Gasteiger charge is 2.29. The van der Waals surface area contributed by atoms with E-state index in [-0.39, 0.29) is 52.0 Å². The van der Waals surface area contributed by atoms with Crippen molar-refractivity contribution < 1.29 is 52.1 Å². The third-order valence-corrected chi connectivity index (χ3v) is 8.19. The predicted molar refractivity (Wildman–Crippen MR) is 171 cm³/mol. The van der Waals surface area contributed by atoms with Crippen molar-refractivity contribution >= 4 is 32.0 Å². The number of aliphatic carboxylic acids is 1. The van der Waals surface area contributed by atoms with E-state index in [0.29, 0.717) is 6.42 Å². The SMILES string of the molecule is CCCCCCCCOC(=O)OCCOP(=O)(N=C(N)N(C)C(CCCC)C(=O)O)OCCOC(=O)OCCCCCCCC. The minimum absolute atomic E-state index is 0.227. The van der Waals surface area contributed by atoms with E-state index in [1.54, 1.807) is 0 Å². The van der Waals surface area contributed by atoms with Crippen LogP contribution in [0, 0.1) is 0 Å². The number of guanidine groups is 1. The fraction of sp³-hybridized carbons (Fsp3) is 0.867. The molecule has 0 rings (SSSR count). The van der Waals surface area contributed by atoms with Gasteiger partial charge in [-0.3, -0.25) is 9.05 Å². The summed E-state index contributed by atoms with van der Waals surface area (Å²) >= 11 is 0. The van der Waals surface area contributed by atoms with Crippen LogP contribution in [-0.4, -0.2) is 87.0 Å². The molecular formula is C30H58N3O11P. The lowest BCUT2D eigenvalue weighted by molar-refractivity contribution is -0.141. The molecule has 0 aromatic rings. The molecule has 45 heavy (non-hydrogen) atoms. The summed E-state index contributed by atoms with van der Waals surface area (Å²) in [4.78, 5) is 36.6. The quantitative estimate of drug-likeness (QED) is 0.0285. The highest BCUT2D eigenvalue weighted by molar-refractivity contribution is 7.52. The zero-order valence-electron chi connectivity index (χ0n) is 27.9. The molecule has 0 fully saturated rings. The number of likely N-dealkylation sites (N-methyl/N-ethyl adjacent to an activating group) is 1. The minimum atomic E-state index is -4.36. The number of hydrogen-bond acceptors (Lipinski definition) is 10. The summed E-state index contributed by atoms with van der Waals surface area (Å²) < 4.78 is 47.9. The highest BCUT2D eigenvalue weighted by atomic mass is 31.2. The zero-order chi connectivity index (χ0) is 33.8. The monoisotopic (exact) mass is 667 g/mol. The van der Waals surface area contributed by atoms with Gasteiger partial charge in [-0.15, -0.1) is 4.76 Å². The van der Waals surface area contributed by atoms with Gasteiger partial charge in [0.2, 0.25) is 5.96 Å². The number of rotatable bonds is 28. The fourth-order valence-electron chi connectivity index (χ4n) is 4.05. The lowest BCUT2D eigenvalue weighted by atomic mass is 10.1. The van der Waals surface area contributed by atoms with E-state index in [0.717, 1.165) is 70.6 Å². The molecule has 3 N–H and O–H groups in total. The number of ether oxygens (including phenoxy) is 4. The van der Waals surface area contributed by atoms with Gasteiger partial charge in [-0.05, 0) is 19.3 Å². The average Bonchev–Trinajstić information content (AvgIpc) is 3.00. The summed E-state index contributed by atoms with van der Waals surface area (Å²) in [6.07, 6.45) is 12.4. The van der Waals surface area contributed by atoms with Crippen LogP contribution in [0.25, 0.3) is 0 Å². The maximum absolute atomic E-state index is 13.4. The molecule has 0 aliphatic heterocycles. The van der Waals surface area contributed by atoms with Gasteiger partial charge in [0.05, 0.1) is 26.4 Å². The van der Waals surface area contributed by atoms with Crippen LogP contribution in [0.3, 0.4) is 0 Å². The Hall–Kier alpha value is -2.57. The third kappa shape index (κ3) is 23.4. The summed E-state index contributed by atoms with van der Waals surface area (Å²) in [5.41, 5.74) is 6.00. The van der Waals surface area contributed by atoms with E-state index in [4.69, 9.17) is 33.7 Å². The first kappa shape index (κ1) is 42.4. The Bertz CT molecular complexity index is 834. The molecule has 14 nitrogen and oxygen atoms in total. The average molecular weight is 668 g/mol. The number of carbonyl (C=O) groups is 3. The first-order chi connectivity index (χ1) is 21.6. The Morgan fingerprint density at radius 3 is 1.49 bits per heavy atom. The van der Waals surface area contributed by atoms with Gasteiger partial charge in [-0.2, -0.15) is 0 Å². The third-order valence-electron chi connectivity index (χ3n) is 6.72. The lowest BCUT2D eigenvalue weighted by Crippen LogP contribution is -2.46. The maximum Gasteiger partial charge on any atom is 0.508 e. The van der Waals surface area contributed by atoms with Gasteiger partial charge in [0.15, 0.2) is 0 Å². The smallest absolute Gasteiger partial charge is 0.480 e. The van der Waals surface area contributed by atoms with Crippen LogP contribution >= 0.6 is 7.75 Å². The Labute approximate surface area is 269 Å². The zero-order valence-corrected chi connectivity index (χ0v) is 28.8. The first-order valence-electron chi connectivity index (χ1n) is 16.4. The molecule has 0 aromatic carbocycles. The van der Waals surface area contributed by atoms with Crippen LogP contribution < -0.4 is 5.73 Å². The van der Waals surface area contributed by atoms with Crippen molar-refractivity contribution in [2.24, 2.45) is 10.5 Å². The van der Waals surface area contributed by atoms with E-state index >= 15 is 0 Å². The number of hydrogen-bond donors (Lipinski definition) is 2. The molecule has 0 saturated heterocycles. The van der Waals surface area contributed by atoms with Crippen LogP contribution in [0.15, 0.2) is 4.76 Å². The van der Waals surface area contributed by atoms with Crippen molar-refractivity contribution in [3.63, 3.8) is 0 Å². The summed E-state index contributed by atoms with van der Waals surface area (Å²) in [7, 11) is -2.95. The molecule has 0 heterocycles. The number of carbonyl (C=O) groups excluding carboxylic acids is 2.